The number of ketones is 1. The van der Waals surface area contributed by atoms with Crippen molar-refractivity contribution in [1.29, 1.82) is 0 Å². The molecule has 5 rings (SSSR count). The second-order valence-corrected chi connectivity index (χ2v) is 6.58. The van der Waals surface area contributed by atoms with Gasteiger partial charge >= 0.3 is 0 Å². The molecular formula is C19H16N4O3. The van der Waals surface area contributed by atoms with Crippen LogP contribution in [0.3, 0.4) is 0 Å². The molecule has 0 unspecified atom stereocenters. The molecular weight excluding hydrogens is 332 g/mol. The van der Waals surface area contributed by atoms with Crippen LogP contribution in [-0.4, -0.2) is 25.7 Å². The monoisotopic (exact) mass is 348 g/mol. The van der Waals surface area contributed by atoms with Gasteiger partial charge in [0, 0.05) is 23.6 Å². The predicted molar refractivity (Wildman–Crippen MR) is 92.6 cm³/mol. The third-order valence-corrected chi connectivity index (χ3v) is 5.02. The second kappa shape index (κ2) is 5.59. The second-order valence-electron chi connectivity index (χ2n) is 6.58. The quantitative estimate of drug-likeness (QED) is 0.739. The topological polar surface area (TPSA) is 93.2 Å². The van der Waals surface area contributed by atoms with Gasteiger partial charge in [0.15, 0.2) is 5.78 Å². The zero-order chi connectivity index (χ0) is 17.7. The lowest BCUT2D eigenvalue weighted by molar-refractivity contribution is -0.117. The maximum atomic E-state index is 13.1. The van der Waals surface area contributed by atoms with E-state index in [0.717, 1.165) is 17.0 Å². The van der Waals surface area contributed by atoms with Gasteiger partial charge in [0.1, 0.15) is 23.9 Å². The number of furan rings is 1. The van der Waals surface area contributed by atoms with Crippen molar-refractivity contribution < 1.29 is 14.3 Å². The van der Waals surface area contributed by atoms with Crippen LogP contribution in [0.4, 0.5) is 5.95 Å². The minimum atomic E-state index is -0.352. The summed E-state index contributed by atoms with van der Waals surface area (Å²) in [4.78, 5) is 17.3. The van der Waals surface area contributed by atoms with Crippen molar-refractivity contribution in [3.63, 3.8) is 0 Å². The maximum Gasteiger partial charge on any atom is 0.226 e. The fourth-order valence-electron chi connectivity index (χ4n) is 3.84. The number of phenols is 1. The van der Waals surface area contributed by atoms with E-state index < -0.39 is 0 Å². The van der Waals surface area contributed by atoms with Gasteiger partial charge in [0.05, 0.1) is 6.26 Å². The summed E-state index contributed by atoms with van der Waals surface area (Å²) in [7, 11) is 0. The summed E-state index contributed by atoms with van der Waals surface area (Å²) in [5, 5.41) is 17.2. The number of Topliss-reactive ketones (excluding diaryl/α,β-unsaturated/α-hetero) is 1. The number of fused-ring (bicyclic) bond motifs is 1. The molecule has 0 radical (unpaired) electrons. The molecule has 1 aromatic carbocycles. The van der Waals surface area contributed by atoms with Gasteiger partial charge in [0.2, 0.25) is 5.95 Å². The lowest BCUT2D eigenvalue weighted by Crippen LogP contribution is -2.33. The molecule has 0 saturated carbocycles. The number of carbonyl (C=O) groups excluding carboxylic acids is 1. The SMILES string of the molecule is O=C1C[C@@H](c2ccco2)CC2=C1[C@@H](c1ccc(O)cc1)n1ncnc1N2. The van der Waals surface area contributed by atoms with E-state index in [9.17, 15) is 9.90 Å². The number of phenolic OH excluding ortho intramolecular Hbond substituents is 1. The number of aromatic nitrogens is 3. The first-order valence-electron chi connectivity index (χ1n) is 8.46. The molecule has 0 amide bonds. The molecule has 3 aromatic rings. The van der Waals surface area contributed by atoms with Crippen LogP contribution in [0.2, 0.25) is 0 Å². The van der Waals surface area contributed by atoms with Gasteiger partial charge in [-0.25, -0.2) is 4.68 Å². The number of allylic oxidation sites excluding steroid dienone is 2. The lowest BCUT2D eigenvalue weighted by Gasteiger charge is -2.34. The Balaban J connectivity index is 1.62. The molecule has 7 nitrogen and oxygen atoms in total. The summed E-state index contributed by atoms with van der Waals surface area (Å²) in [5.41, 5.74) is 2.45. The average Bonchev–Trinajstić information content (AvgIpc) is 3.32. The predicted octanol–water partition coefficient (Wildman–Crippen LogP) is 2.99. The van der Waals surface area contributed by atoms with Crippen LogP contribution in [0.1, 0.15) is 36.1 Å². The number of hydrogen-bond acceptors (Lipinski definition) is 6. The normalized spacial score (nSPS) is 21.9. The molecule has 130 valence electrons. The third kappa shape index (κ3) is 2.24. The van der Waals surface area contributed by atoms with Crippen molar-refractivity contribution in [3.8, 4) is 5.75 Å². The van der Waals surface area contributed by atoms with Crippen molar-refractivity contribution in [3.05, 3.63) is 71.6 Å². The van der Waals surface area contributed by atoms with Crippen molar-refractivity contribution >= 4 is 11.7 Å². The zero-order valence-corrected chi connectivity index (χ0v) is 13.8. The number of nitrogens with one attached hydrogen (secondary N) is 1. The molecule has 2 N–H and O–H groups in total. The molecule has 1 aliphatic carbocycles. The van der Waals surface area contributed by atoms with Gasteiger partial charge < -0.3 is 14.8 Å². The van der Waals surface area contributed by atoms with Gasteiger partial charge in [-0.2, -0.15) is 10.1 Å². The van der Waals surface area contributed by atoms with Crippen LogP contribution in [0.15, 0.2) is 64.7 Å². The Morgan fingerprint density at radius 2 is 2.04 bits per heavy atom. The number of rotatable bonds is 2. The summed E-state index contributed by atoms with van der Waals surface area (Å²) < 4.78 is 7.24. The highest BCUT2D eigenvalue weighted by molar-refractivity contribution is 6.00. The van der Waals surface area contributed by atoms with Crippen molar-refractivity contribution in [2.24, 2.45) is 0 Å². The first kappa shape index (κ1) is 14.9. The molecule has 2 aliphatic rings. The van der Waals surface area contributed by atoms with Crippen LogP contribution < -0.4 is 5.32 Å². The van der Waals surface area contributed by atoms with E-state index in [1.807, 2.05) is 24.3 Å². The molecule has 0 bridgehead atoms. The van der Waals surface area contributed by atoms with Gasteiger partial charge in [-0.15, -0.1) is 0 Å². The number of carbonyl (C=O) groups is 1. The lowest BCUT2D eigenvalue weighted by atomic mass is 9.79. The fraction of sp³-hybridized carbons (Fsp3) is 0.211. The van der Waals surface area contributed by atoms with E-state index in [4.69, 9.17) is 4.42 Å². The van der Waals surface area contributed by atoms with Gasteiger partial charge in [-0.3, -0.25) is 4.79 Å². The van der Waals surface area contributed by atoms with E-state index in [1.54, 1.807) is 23.1 Å². The summed E-state index contributed by atoms with van der Waals surface area (Å²) in [5.74, 6) is 1.69. The Morgan fingerprint density at radius 3 is 2.81 bits per heavy atom. The van der Waals surface area contributed by atoms with Gasteiger partial charge in [-0.1, -0.05) is 12.1 Å². The standard InChI is InChI=1S/C19H16N4O3/c24-13-5-3-11(4-6-13)18-17-14(22-19-20-10-21-23(18)19)8-12(9-15(17)25)16-2-1-7-26-16/h1-7,10,12,18,24H,8-9H2,(H,20,21,22)/t12-,18+/m0/s1. The van der Waals surface area contributed by atoms with E-state index >= 15 is 0 Å². The van der Waals surface area contributed by atoms with E-state index in [0.29, 0.717) is 24.4 Å². The Bertz CT molecular complexity index is 1000. The Hall–Kier alpha value is -3.35. The van der Waals surface area contributed by atoms with Crippen molar-refractivity contribution in [2.75, 3.05) is 5.32 Å². The molecule has 0 fully saturated rings. The largest absolute Gasteiger partial charge is 0.508 e. The summed E-state index contributed by atoms with van der Waals surface area (Å²) in [6.07, 6.45) is 4.18. The minimum absolute atomic E-state index is 0.0127. The molecule has 1 aliphatic heterocycles. The summed E-state index contributed by atoms with van der Waals surface area (Å²) >= 11 is 0. The molecule has 0 saturated heterocycles. The number of aromatic hydroxyl groups is 1. The summed E-state index contributed by atoms with van der Waals surface area (Å²) in [6.45, 7) is 0. The third-order valence-electron chi connectivity index (χ3n) is 5.02. The van der Waals surface area contributed by atoms with Crippen LogP contribution in [0.25, 0.3) is 0 Å². The Morgan fingerprint density at radius 1 is 1.19 bits per heavy atom. The molecule has 2 atom stereocenters. The molecule has 7 heteroatoms. The Kier molecular flexibility index (Phi) is 3.21. The highest BCUT2D eigenvalue weighted by atomic mass is 16.3. The van der Waals surface area contributed by atoms with Crippen LogP contribution >= 0.6 is 0 Å². The number of benzene rings is 1. The first-order valence-corrected chi connectivity index (χ1v) is 8.46. The van der Waals surface area contributed by atoms with Crippen LogP contribution in [0.5, 0.6) is 5.75 Å². The van der Waals surface area contributed by atoms with E-state index in [2.05, 4.69) is 15.4 Å². The molecule has 0 spiro atoms. The van der Waals surface area contributed by atoms with Gasteiger partial charge in [-0.05, 0) is 36.2 Å². The van der Waals surface area contributed by atoms with E-state index in [1.165, 1.54) is 6.33 Å². The number of nitrogens with zero attached hydrogens (tertiary/aromatic N) is 3. The Labute approximate surface area is 149 Å². The molecule has 2 aromatic heterocycles. The highest BCUT2D eigenvalue weighted by Gasteiger charge is 2.39. The first-order chi connectivity index (χ1) is 12.7. The highest BCUT2D eigenvalue weighted by Crippen LogP contribution is 2.43. The van der Waals surface area contributed by atoms with E-state index in [-0.39, 0.29) is 23.5 Å². The van der Waals surface area contributed by atoms with Gasteiger partial charge in [0.25, 0.3) is 0 Å². The zero-order valence-electron chi connectivity index (χ0n) is 13.8. The van der Waals surface area contributed by atoms with Crippen molar-refractivity contribution in [2.45, 2.75) is 24.8 Å². The number of hydrogen-bond donors (Lipinski definition) is 2. The summed E-state index contributed by atoms with van der Waals surface area (Å²) in [6, 6.07) is 10.3. The molecule has 26 heavy (non-hydrogen) atoms. The molecule has 3 heterocycles. The van der Waals surface area contributed by atoms with Crippen LogP contribution in [-0.2, 0) is 4.79 Å². The minimum Gasteiger partial charge on any atom is -0.508 e. The van der Waals surface area contributed by atoms with Crippen molar-refractivity contribution in [1.82, 2.24) is 14.8 Å². The smallest absolute Gasteiger partial charge is 0.226 e. The maximum absolute atomic E-state index is 13.1. The average molecular weight is 348 g/mol. The van der Waals surface area contributed by atoms with Crippen LogP contribution in [0, 0.1) is 0 Å². The number of anilines is 1. The fourth-order valence-corrected chi connectivity index (χ4v) is 3.84.